The summed E-state index contributed by atoms with van der Waals surface area (Å²) >= 11 is 0. The lowest BCUT2D eigenvalue weighted by molar-refractivity contribution is -0.127. The molecule has 0 unspecified atom stereocenters. The Morgan fingerprint density at radius 2 is 2.08 bits per heavy atom. The van der Waals surface area contributed by atoms with E-state index < -0.39 is 5.91 Å². The molecule has 1 heterocycles. The van der Waals surface area contributed by atoms with Crippen LogP contribution in [0.25, 0.3) is 0 Å². The Hall–Kier alpha value is -1.45. The van der Waals surface area contributed by atoms with Crippen molar-refractivity contribution in [1.29, 1.82) is 5.41 Å². The van der Waals surface area contributed by atoms with Crippen LogP contribution in [0.5, 0.6) is 0 Å². The smallest absolute Gasteiger partial charge is 0.276 e. The summed E-state index contributed by atoms with van der Waals surface area (Å²) in [4.78, 5) is 21.9. The minimum absolute atomic E-state index is 0.0895. The van der Waals surface area contributed by atoms with Gasteiger partial charge in [0.15, 0.2) is 0 Å². The fourth-order valence-corrected chi connectivity index (χ4v) is 1.19. The predicted octanol–water partition coefficient (Wildman–Crippen LogP) is 0.635. The molecular formula is C9H12N2O2. The molecule has 0 atom stereocenters. The summed E-state index contributed by atoms with van der Waals surface area (Å²) in [6.07, 6.45) is 1.92. The van der Waals surface area contributed by atoms with Gasteiger partial charge in [0.05, 0.1) is 6.42 Å². The third kappa shape index (κ3) is 2.24. The molecule has 13 heavy (non-hydrogen) atoms. The summed E-state index contributed by atoms with van der Waals surface area (Å²) in [6, 6.07) is 0. The lowest BCUT2D eigenvalue weighted by atomic mass is 9.98. The average molecular weight is 180 g/mol. The quantitative estimate of drug-likeness (QED) is 0.581. The third-order valence-electron chi connectivity index (χ3n) is 1.69. The van der Waals surface area contributed by atoms with E-state index in [0.29, 0.717) is 5.57 Å². The molecule has 0 bridgehead atoms. The van der Waals surface area contributed by atoms with Crippen LogP contribution in [-0.4, -0.2) is 17.5 Å². The Balaban J connectivity index is 2.90. The van der Waals surface area contributed by atoms with Crippen LogP contribution in [0.3, 0.4) is 0 Å². The van der Waals surface area contributed by atoms with Gasteiger partial charge in [-0.05, 0) is 11.5 Å². The van der Waals surface area contributed by atoms with Gasteiger partial charge in [-0.3, -0.25) is 20.3 Å². The number of allylic oxidation sites excluding steroid dienone is 1. The number of carbonyl (C=O) groups excluding carboxylic acids is 2. The van der Waals surface area contributed by atoms with Crippen LogP contribution in [0.2, 0.25) is 0 Å². The summed E-state index contributed by atoms with van der Waals surface area (Å²) in [5, 5.41) is 9.49. The Morgan fingerprint density at radius 3 is 2.62 bits per heavy atom. The average Bonchev–Trinajstić information content (AvgIpc) is 1.98. The number of imide groups is 1. The van der Waals surface area contributed by atoms with Gasteiger partial charge in [0.1, 0.15) is 5.71 Å². The van der Waals surface area contributed by atoms with Crippen molar-refractivity contribution >= 4 is 17.5 Å². The maximum absolute atomic E-state index is 11.0. The van der Waals surface area contributed by atoms with Crippen LogP contribution < -0.4 is 5.32 Å². The second-order valence-corrected chi connectivity index (χ2v) is 3.36. The summed E-state index contributed by atoms with van der Waals surface area (Å²) in [6.45, 7) is 3.88. The number of amides is 2. The summed E-state index contributed by atoms with van der Waals surface area (Å²) in [5.74, 6) is -0.676. The maximum Gasteiger partial charge on any atom is 0.276 e. The summed E-state index contributed by atoms with van der Waals surface area (Å²) in [5.41, 5.74) is 0.442. The first-order valence-corrected chi connectivity index (χ1v) is 4.14. The molecule has 0 radical (unpaired) electrons. The van der Waals surface area contributed by atoms with Crippen LogP contribution in [-0.2, 0) is 9.59 Å². The Kier molecular flexibility index (Phi) is 2.60. The van der Waals surface area contributed by atoms with Crippen molar-refractivity contribution in [2.24, 2.45) is 5.92 Å². The first kappa shape index (κ1) is 9.64. The van der Waals surface area contributed by atoms with E-state index in [1.165, 1.54) is 0 Å². The molecule has 0 aromatic rings. The molecule has 0 spiro atoms. The SMILES string of the molecule is CC(C)/C=C1/CC(=O)NC(=O)C1=N. The van der Waals surface area contributed by atoms with Gasteiger partial charge < -0.3 is 0 Å². The number of piperidine rings is 1. The molecule has 0 aromatic heterocycles. The molecule has 70 valence electrons. The lowest BCUT2D eigenvalue weighted by Gasteiger charge is -2.15. The molecule has 1 saturated heterocycles. The molecule has 0 aliphatic carbocycles. The highest BCUT2D eigenvalue weighted by molar-refractivity contribution is 6.48. The number of hydrogen-bond donors (Lipinski definition) is 2. The zero-order valence-electron chi connectivity index (χ0n) is 7.68. The molecule has 2 amide bonds. The number of hydrogen-bond acceptors (Lipinski definition) is 3. The first-order valence-electron chi connectivity index (χ1n) is 4.14. The van der Waals surface area contributed by atoms with Crippen molar-refractivity contribution in [1.82, 2.24) is 5.32 Å². The second-order valence-electron chi connectivity index (χ2n) is 3.36. The van der Waals surface area contributed by atoms with Crippen molar-refractivity contribution in [3.63, 3.8) is 0 Å². The van der Waals surface area contributed by atoms with E-state index >= 15 is 0 Å². The molecule has 1 rings (SSSR count). The van der Waals surface area contributed by atoms with Gasteiger partial charge in [-0.25, -0.2) is 0 Å². The van der Waals surface area contributed by atoms with E-state index in [0.717, 1.165) is 0 Å². The molecule has 2 N–H and O–H groups in total. The number of nitrogens with one attached hydrogen (secondary N) is 2. The van der Waals surface area contributed by atoms with Gasteiger partial charge in [0.2, 0.25) is 5.91 Å². The predicted molar refractivity (Wildman–Crippen MR) is 48.4 cm³/mol. The Bertz CT molecular complexity index is 303. The Labute approximate surface area is 76.5 Å². The highest BCUT2D eigenvalue weighted by Gasteiger charge is 2.24. The number of rotatable bonds is 1. The first-order chi connectivity index (χ1) is 6.00. The lowest BCUT2D eigenvalue weighted by Crippen LogP contribution is -2.42. The third-order valence-corrected chi connectivity index (χ3v) is 1.69. The van der Waals surface area contributed by atoms with Gasteiger partial charge in [0, 0.05) is 0 Å². The van der Waals surface area contributed by atoms with E-state index in [2.05, 4.69) is 5.32 Å². The molecule has 1 aliphatic rings. The minimum Gasteiger partial charge on any atom is -0.295 e. The van der Waals surface area contributed by atoms with Crippen molar-refractivity contribution in [2.45, 2.75) is 20.3 Å². The maximum atomic E-state index is 11.0. The molecule has 0 aromatic carbocycles. The van der Waals surface area contributed by atoms with E-state index in [-0.39, 0.29) is 24.0 Å². The van der Waals surface area contributed by atoms with Crippen LogP contribution in [0.1, 0.15) is 20.3 Å². The van der Waals surface area contributed by atoms with E-state index in [1.807, 2.05) is 13.8 Å². The van der Waals surface area contributed by atoms with E-state index in [9.17, 15) is 9.59 Å². The minimum atomic E-state index is -0.594. The molecule has 4 heteroatoms. The van der Waals surface area contributed by atoms with Gasteiger partial charge in [-0.1, -0.05) is 19.9 Å². The molecule has 4 nitrogen and oxygen atoms in total. The van der Waals surface area contributed by atoms with Crippen molar-refractivity contribution in [3.8, 4) is 0 Å². The molecular weight excluding hydrogens is 168 g/mol. The second kappa shape index (κ2) is 3.51. The van der Waals surface area contributed by atoms with Crippen LogP contribution >= 0.6 is 0 Å². The van der Waals surface area contributed by atoms with Crippen LogP contribution in [0.15, 0.2) is 11.6 Å². The summed E-state index contributed by atoms with van der Waals surface area (Å²) in [7, 11) is 0. The van der Waals surface area contributed by atoms with Crippen molar-refractivity contribution < 1.29 is 9.59 Å². The molecule has 1 aliphatic heterocycles. The standard InChI is InChI=1S/C9H12N2O2/c1-5(2)3-6-4-7(12)11-9(13)8(6)10/h3,5,10H,4H2,1-2H3,(H,11,12,13)/b6-3-,10-8?. The fourth-order valence-electron chi connectivity index (χ4n) is 1.19. The van der Waals surface area contributed by atoms with E-state index in [1.54, 1.807) is 6.08 Å². The largest absolute Gasteiger partial charge is 0.295 e. The van der Waals surface area contributed by atoms with Crippen LogP contribution in [0.4, 0.5) is 0 Å². The Morgan fingerprint density at radius 1 is 1.46 bits per heavy atom. The number of carbonyl (C=O) groups is 2. The zero-order valence-corrected chi connectivity index (χ0v) is 7.68. The van der Waals surface area contributed by atoms with Gasteiger partial charge in [0.25, 0.3) is 5.91 Å². The highest BCUT2D eigenvalue weighted by Crippen LogP contribution is 2.12. The normalized spacial score (nSPS) is 21.2. The molecule has 1 fully saturated rings. The summed E-state index contributed by atoms with van der Waals surface area (Å²) < 4.78 is 0. The van der Waals surface area contributed by atoms with Gasteiger partial charge >= 0.3 is 0 Å². The van der Waals surface area contributed by atoms with Gasteiger partial charge in [-0.15, -0.1) is 0 Å². The van der Waals surface area contributed by atoms with Gasteiger partial charge in [-0.2, -0.15) is 0 Å². The van der Waals surface area contributed by atoms with Crippen molar-refractivity contribution in [2.75, 3.05) is 0 Å². The van der Waals surface area contributed by atoms with Crippen molar-refractivity contribution in [3.05, 3.63) is 11.6 Å². The fraction of sp³-hybridized carbons (Fsp3) is 0.444. The monoisotopic (exact) mass is 180 g/mol. The highest BCUT2D eigenvalue weighted by atomic mass is 16.2. The van der Waals surface area contributed by atoms with Crippen LogP contribution in [0, 0.1) is 11.3 Å². The molecule has 0 saturated carbocycles. The van der Waals surface area contributed by atoms with E-state index in [4.69, 9.17) is 5.41 Å². The topological polar surface area (TPSA) is 70.0 Å². The zero-order chi connectivity index (χ0) is 10.0.